The van der Waals surface area contributed by atoms with Gasteiger partial charge in [0, 0.05) is 31.5 Å². The van der Waals surface area contributed by atoms with Crippen molar-refractivity contribution in [2.45, 2.75) is 33.2 Å². The molecule has 0 bridgehead atoms. The van der Waals surface area contributed by atoms with E-state index in [0.29, 0.717) is 6.61 Å². The second-order valence-corrected chi connectivity index (χ2v) is 3.79. The quantitative estimate of drug-likeness (QED) is 0.739. The highest BCUT2D eigenvalue weighted by Crippen LogP contribution is 2.14. The van der Waals surface area contributed by atoms with Crippen LogP contribution in [-0.4, -0.2) is 34.6 Å². The van der Waals surface area contributed by atoms with Crippen LogP contribution in [0.1, 0.15) is 23.4 Å². The van der Waals surface area contributed by atoms with Gasteiger partial charge in [-0.3, -0.25) is 9.48 Å². The van der Waals surface area contributed by atoms with Gasteiger partial charge in [-0.15, -0.1) is 0 Å². The number of ether oxygens (including phenoxy) is 1. The van der Waals surface area contributed by atoms with Crippen LogP contribution in [0.3, 0.4) is 0 Å². The fourth-order valence-corrected chi connectivity index (χ4v) is 1.72. The standard InChI is InChI=1S/C11H18N2O3/c1-8-10(7-11(14)15)9(2)13(12-8)5-4-6-16-3/h4-7H2,1-3H3,(H,14,15). The Kier molecular flexibility index (Phi) is 4.49. The first-order valence-electron chi connectivity index (χ1n) is 5.30. The summed E-state index contributed by atoms with van der Waals surface area (Å²) in [6, 6.07) is 0. The van der Waals surface area contributed by atoms with Crippen molar-refractivity contribution in [3.63, 3.8) is 0 Å². The normalized spacial score (nSPS) is 10.7. The molecular formula is C11H18N2O3. The molecule has 0 aliphatic carbocycles. The maximum Gasteiger partial charge on any atom is 0.307 e. The Morgan fingerprint density at radius 1 is 1.50 bits per heavy atom. The van der Waals surface area contributed by atoms with E-state index in [1.54, 1.807) is 7.11 Å². The van der Waals surface area contributed by atoms with Crippen molar-refractivity contribution in [3.05, 3.63) is 17.0 Å². The van der Waals surface area contributed by atoms with E-state index in [1.165, 1.54) is 0 Å². The van der Waals surface area contributed by atoms with E-state index in [0.717, 1.165) is 29.9 Å². The largest absolute Gasteiger partial charge is 0.481 e. The summed E-state index contributed by atoms with van der Waals surface area (Å²) < 4.78 is 6.82. The van der Waals surface area contributed by atoms with Crippen molar-refractivity contribution in [2.75, 3.05) is 13.7 Å². The number of aryl methyl sites for hydroxylation is 2. The van der Waals surface area contributed by atoms with Gasteiger partial charge in [0.25, 0.3) is 0 Å². The molecule has 0 aromatic carbocycles. The van der Waals surface area contributed by atoms with Crippen LogP contribution in [0, 0.1) is 13.8 Å². The smallest absolute Gasteiger partial charge is 0.307 e. The Bertz CT molecular complexity index is 372. The lowest BCUT2D eigenvalue weighted by atomic mass is 10.1. The molecule has 90 valence electrons. The molecule has 0 aliphatic heterocycles. The number of aromatic nitrogens is 2. The van der Waals surface area contributed by atoms with Crippen LogP contribution in [0.25, 0.3) is 0 Å². The fourth-order valence-electron chi connectivity index (χ4n) is 1.72. The Morgan fingerprint density at radius 3 is 2.75 bits per heavy atom. The van der Waals surface area contributed by atoms with E-state index < -0.39 is 5.97 Å². The van der Waals surface area contributed by atoms with Crippen molar-refractivity contribution >= 4 is 5.97 Å². The summed E-state index contributed by atoms with van der Waals surface area (Å²) in [7, 11) is 1.66. The Balaban J connectivity index is 2.76. The highest BCUT2D eigenvalue weighted by atomic mass is 16.5. The van der Waals surface area contributed by atoms with Crippen molar-refractivity contribution in [1.82, 2.24) is 9.78 Å². The third-order valence-corrected chi connectivity index (χ3v) is 2.58. The predicted octanol–water partition coefficient (Wildman–Crippen LogP) is 1.16. The number of hydrogen-bond donors (Lipinski definition) is 1. The SMILES string of the molecule is COCCCn1nc(C)c(CC(=O)O)c1C. The number of rotatable bonds is 6. The van der Waals surface area contributed by atoms with Crippen LogP contribution in [0.2, 0.25) is 0 Å². The first kappa shape index (κ1) is 12.7. The van der Waals surface area contributed by atoms with Gasteiger partial charge in [-0.05, 0) is 20.3 Å². The van der Waals surface area contributed by atoms with Gasteiger partial charge in [0.2, 0.25) is 0 Å². The summed E-state index contributed by atoms with van der Waals surface area (Å²) in [5.41, 5.74) is 2.57. The van der Waals surface area contributed by atoms with Crippen LogP contribution in [0.4, 0.5) is 0 Å². The second-order valence-electron chi connectivity index (χ2n) is 3.79. The molecule has 1 heterocycles. The van der Waals surface area contributed by atoms with Gasteiger partial charge >= 0.3 is 5.97 Å². The third kappa shape index (κ3) is 3.06. The molecule has 1 N–H and O–H groups in total. The van der Waals surface area contributed by atoms with Gasteiger partial charge in [0.05, 0.1) is 12.1 Å². The molecule has 1 aromatic heterocycles. The van der Waals surface area contributed by atoms with Gasteiger partial charge in [0.1, 0.15) is 0 Å². The molecule has 0 fully saturated rings. The molecule has 0 spiro atoms. The maximum atomic E-state index is 10.7. The molecule has 0 radical (unpaired) electrons. The monoisotopic (exact) mass is 226 g/mol. The van der Waals surface area contributed by atoms with Crippen molar-refractivity contribution in [3.8, 4) is 0 Å². The number of hydrogen-bond acceptors (Lipinski definition) is 3. The summed E-state index contributed by atoms with van der Waals surface area (Å²) >= 11 is 0. The number of aliphatic carboxylic acids is 1. The van der Waals surface area contributed by atoms with Gasteiger partial charge in [-0.2, -0.15) is 5.10 Å². The number of carbonyl (C=O) groups is 1. The van der Waals surface area contributed by atoms with Crippen LogP contribution < -0.4 is 0 Å². The minimum atomic E-state index is -0.817. The summed E-state index contributed by atoms with van der Waals surface area (Å²) in [5.74, 6) is -0.817. The van der Waals surface area contributed by atoms with Crippen molar-refractivity contribution in [2.24, 2.45) is 0 Å². The van der Waals surface area contributed by atoms with Gasteiger partial charge < -0.3 is 9.84 Å². The molecule has 0 amide bonds. The lowest BCUT2D eigenvalue weighted by Gasteiger charge is -2.04. The van der Waals surface area contributed by atoms with E-state index in [-0.39, 0.29) is 6.42 Å². The third-order valence-electron chi connectivity index (χ3n) is 2.58. The average Bonchev–Trinajstić information content (AvgIpc) is 2.46. The summed E-state index contributed by atoms with van der Waals surface area (Å²) in [5, 5.41) is 13.1. The highest BCUT2D eigenvalue weighted by molar-refractivity contribution is 5.70. The van der Waals surface area contributed by atoms with Crippen LogP contribution >= 0.6 is 0 Å². The Morgan fingerprint density at radius 2 is 2.19 bits per heavy atom. The Labute approximate surface area is 95.0 Å². The molecule has 0 aliphatic rings. The minimum Gasteiger partial charge on any atom is -0.481 e. The maximum absolute atomic E-state index is 10.7. The summed E-state index contributed by atoms with van der Waals surface area (Å²) in [4.78, 5) is 10.7. The molecule has 5 nitrogen and oxygen atoms in total. The second kappa shape index (κ2) is 5.65. The highest BCUT2D eigenvalue weighted by Gasteiger charge is 2.13. The number of methoxy groups -OCH3 is 1. The van der Waals surface area contributed by atoms with Crippen LogP contribution in [-0.2, 0) is 22.5 Å². The van der Waals surface area contributed by atoms with Crippen LogP contribution in [0.15, 0.2) is 0 Å². The van der Waals surface area contributed by atoms with Crippen LogP contribution in [0.5, 0.6) is 0 Å². The van der Waals surface area contributed by atoms with E-state index in [2.05, 4.69) is 5.10 Å². The molecule has 0 unspecified atom stereocenters. The van der Waals surface area contributed by atoms with Gasteiger partial charge in [0.15, 0.2) is 0 Å². The van der Waals surface area contributed by atoms with Gasteiger partial charge in [-0.25, -0.2) is 0 Å². The predicted molar refractivity (Wildman–Crippen MR) is 59.5 cm³/mol. The lowest BCUT2D eigenvalue weighted by molar-refractivity contribution is -0.136. The van der Waals surface area contributed by atoms with E-state index >= 15 is 0 Å². The molecule has 0 saturated heterocycles. The molecule has 0 saturated carbocycles. The topological polar surface area (TPSA) is 64.4 Å². The number of carboxylic acids is 1. The first-order valence-corrected chi connectivity index (χ1v) is 5.30. The summed E-state index contributed by atoms with van der Waals surface area (Å²) in [6.07, 6.45) is 0.924. The van der Waals surface area contributed by atoms with Crippen molar-refractivity contribution < 1.29 is 14.6 Å². The van der Waals surface area contributed by atoms with E-state index in [1.807, 2.05) is 18.5 Å². The van der Waals surface area contributed by atoms with E-state index in [4.69, 9.17) is 9.84 Å². The number of nitrogens with zero attached hydrogens (tertiary/aromatic N) is 2. The molecule has 1 rings (SSSR count). The summed E-state index contributed by atoms with van der Waals surface area (Å²) in [6.45, 7) is 5.20. The molecule has 5 heteroatoms. The molecule has 0 atom stereocenters. The molecular weight excluding hydrogens is 208 g/mol. The van der Waals surface area contributed by atoms with Gasteiger partial charge in [-0.1, -0.05) is 0 Å². The van der Waals surface area contributed by atoms with E-state index in [9.17, 15) is 4.79 Å². The zero-order valence-corrected chi connectivity index (χ0v) is 9.99. The fraction of sp³-hybridized carbons (Fsp3) is 0.636. The zero-order valence-electron chi connectivity index (χ0n) is 9.99. The lowest BCUT2D eigenvalue weighted by Crippen LogP contribution is -2.06. The Hall–Kier alpha value is -1.36. The molecule has 1 aromatic rings. The number of carboxylic acid groups (broad SMARTS) is 1. The molecule has 16 heavy (non-hydrogen) atoms. The van der Waals surface area contributed by atoms with Crippen molar-refractivity contribution in [1.29, 1.82) is 0 Å². The first-order chi connectivity index (χ1) is 7.56. The minimum absolute atomic E-state index is 0.0436. The zero-order chi connectivity index (χ0) is 12.1. The average molecular weight is 226 g/mol.